The Bertz CT molecular complexity index is 768. The molecular formula is C17H16Cl2N2O5. The van der Waals surface area contributed by atoms with Crippen molar-refractivity contribution in [1.82, 2.24) is 10.9 Å². The van der Waals surface area contributed by atoms with Crippen LogP contribution in [0.5, 0.6) is 17.2 Å². The lowest BCUT2D eigenvalue weighted by molar-refractivity contribution is -0.131. The summed E-state index contributed by atoms with van der Waals surface area (Å²) in [5.41, 5.74) is 4.41. The van der Waals surface area contributed by atoms with Gasteiger partial charge in [-0.05, 0) is 36.4 Å². The summed E-state index contributed by atoms with van der Waals surface area (Å²) in [6.45, 7) is -0.618. The first-order chi connectivity index (χ1) is 12.5. The first-order valence-electron chi connectivity index (χ1n) is 7.40. The van der Waals surface area contributed by atoms with Gasteiger partial charge < -0.3 is 14.2 Å². The SMILES string of the molecule is COc1ccc(OCC(=O)NNC(=O)COc2cc(Cl)ccc2Cl)cc1. The van der Waals surface area contributed by atoms with Crippen LogP contribution >= 0.6 is 23.2 Å². The summed E-state index contributed by atoms with van der Waals surface area (Å²) in [5.74, 6) is 0.331. The Morgan fingerprint density at radius 1 is 0.885 bits per heavy atom. The molecule has 2 rings (SSSR count). The Labute approximate surface area is 160 Å². The molecule has 0 aliphatic carbocycles. The third-order valence-corrected chi connectivity index (χ3v) is 3.57. The molecule has 9 heteroatoms. The molecule has 0 unspecified atom stereocenters. The van der Waals surface area contributed by atoms with Crippen molar-refractivity contribution in [1.29, 1.82) is 0 Å². The molecular weight excluding hydrogens is 383 g/mol. The van der Waals surface area contributed by atoms with E-state index in [4.69, 9.17) is 37.4 Å². The first kappa shape index (κ1) is 19.7. The van der Waals surface area contributed by atoms with Gasteiger partial charge in [-0.3, -0.25) is 20.4 Å². The number of hydrogen-bond acceptors (Lipinski definition) is 5. The summed E-state index contributed by atoms with van der Waals surface area (Å²) < 4.78 is 15.5. The summed E-state index contributed by atoms with van der Waals surface area (Å²) in [6, 6.07) is 11.4. The van der Waals surface area contributed by atoms with Gasteiger partial charge in [0.15, 0.2) is 13.2 Å². The van der Waals surface area contributed by atoms with Gasteiger partial charge in [-0.1, -0.05) is 23.2 Å². The average Bonchev–Trinajstić information content (AvgIpc) is 2.65. The average molecular weight is 399 g/mol. The molecule has 0 radical (unpaired) electrons. The molecule has 138 valence electrons. The van der Waals surface area contributed by atoms with Crippen LogP contribution in [0.15, 0.2) is 42.5 Å². The van der Waals surface area contributed by atoms with Gasteiger partial charge in [-0.2, -0.15) is 0 Å². The van der Waals surface area contributed by atoms with Crippen LogP contribution in [0.1, 0.15) is 0 Å². The molecule has 0 atom stereocenters. The third-order valence-electron chi connectivity index (χ3n) is 3.02. The molecule has 2 aromatic carbocycles. The van der Waals surface area contributed by atoms with Gasteiger partial charge in [0.05, 0.1) is 12.1 Å². The molecule has 0 heterocycles. The second-order valence-electron chi connectivity index (χ2n) is 4.92. The van der Waals surface area contributed by atoms with Crippen molar-refractivity contribution in [2.24, 2.45) is 0 Å². The summed E-state index contributed by atoms with van der Waals surface area (Å²) in [6.07, 6.45) is 0. The molecule has 2 amide bonds. The van der Waals surface area contributed by atoms with Gasteiger partial charge in [0, 0.05) is 11.1 Å². The zero-order valence-corrected chi connectivity index (χ0v) is 15.3. The largest absolute Gasteiger partial charge is 0.497 e. The fourth-order valence-corrected chi connectivity index (χ4v) is 2.10. The van der Waals surface area contributed by atoms with E-state index < -0.39 is 11.8 Å². The molecule has 0 fully saturated rings. The van der Waals surface area contributed by atoms with Gasteiger partial charge in [0.1, 0.15) is 17.2 Å². The highest BCUT2D eigenvalue weighted by atomic mass is 35.5. The molecule has 0 saturated carbocycles. The number of methoxy groups -OCH3 is 1. The number of carbonyl (C=O) groups excluding carboxylic acids is 2. The zero-order valence-electron chi connectivity index (χ0n) is 13.8. The summed E-state index contributed by atoms with van der Waals surface area (Å²) in [4.78, 5) is 23.3. The fraction of sp³-hybridized carbons (Fsp3) is 0.176. The predicted molar refractivity (Wildman–Crippen MR) is 96.7 cm³/mol. The second-order valence-corrected chi connectivity index (χ2v) is 5.77. The number of amides is 2. The lowest BCUT2D eigenvalue weighted by Gasteiger charge is -2.10. The van der Waals surface area contributed by atoms with Crippen LogP contribution in [0.25, 0.3) is 0 Å². The van der Waals surface area contributed by atoms with Crippen molar-refractivity contribution >= 4 is 35.0 Å². The number of hydrogen-bond donors (Lipinski definition) is 2. The van der Waals surface area contributed by atoms with E-state index in [1.165, 1.54) is 6.07 Å². The quantitative estimate of drug-likeness (QED) is 0.700. The van der Waals surface area contributed by atoms with Gasteiger partial charge in [-0.25, -0.2) is 0 Å². The summed E-state index contributed by atoms with van der Waals surface area (Å²) >= 11 is 11.7. The van der Waals surface area contributed by atoms with Gasteiger partial charge in [0.25, 0.3) is 11.8 Å². The number of carbonyl (C=O) groups is 2. The number of ether oxygens (including phenoxy) is 3. The minimum atomic E-state index is -0.571. The monoisotopic (exact) mass is 398 g/mol. The van der Waals surface area contributed by atoms with Crippen molar-refractivity contribution in [2.75, 3.05) is 20.3 Å². The van der Waals surface area contributed by atoms with Crippen molar-refractivity contribution < 1.29 is 23.8 Å². The van der Waals surface area contributed by atoms with E-state index in [0.29, 0.717) is 21.5 Å². The van der Waals surface area contributed by atoms with E-state index in [0.717, 1.165) is 0 Å². The van der Waals surface area contributed by atoms with E-state index >= 15 is 0 Å². The number of hydrazine groups is 1. The number of rotatable bonds is 7. The Hall–Kier alpha value is -2.64. The molecule has 0 aliphatic heterocycles. The molecule has 2 N–H and O–H groups in total. The maximum atomic E-state index is 11.7. The molecule has 7 nitrogen and oxygen atoms in total. The van der Waals surface area contributed by atoms with E-state index in [2.05, 4.69) is 10.9 Å². The van der Waals surface area contributed by atoms with Gasteiger partial charge >= 0.3 is 0 Å². The standard InChI is InChI=1S/C17H16Cl2N2O5/c1-24-12-3-5-13(6-4-12)25-9-16(22)20-21-17(23)10-26-15-8-11(18)2-7-14(15)19/h2-8H,9-10H2,1H3,(H,20,22)(H,21,23). The molecule has 0 saturated heterocycles. The zero-order chi connectivity index (χ0) is 18.9. The molecule has 0 spiro atoms. The maximum absolute atomic E-state index is 11.7. The Balaban J connectivity index is 1.69. The number of benzene rings is 2. The Kier molecular flexibility index (Phi) is 7.37. The smallest absolute Gasteiger partial charge is 0.276 e. The van der Waals surface area contributed by atoms with E-state index in [1.54, 1.807) is 43.5 Å². The second kappa shape index (κ2) is 9.74. The molecule has 26 heavy (non-hydrogen) atoms. The van der Waals surface area contributed by atoms with Crippen LogP contribution in [-0.2, 0) is 9.59 Å². The normalized spacial score (nSPS) is 9.96. The van der Waals surface area contributed by atoms with Crippen LogP contribution in [0.2, 0.25) is 10.0 Å². The number of halogens is 2. The summed E-state index contributed by atoms with van der Waals surface area (Å²) in [5, 5.41) is 0.743. The van der Waals surface area contributed by atoms with E-state index in [-0.39, 0.29) is 19.0 Å². The van der Waals surface area contributed by atoms with Crippen LogP contribution in [0.3, 0.4) is 0 Å². The minimum absolute atomic E-state index is 0.267. The van der Waals surface area contributed by atoms with Crippen molar-refractivity contribution in [3.05, 3.63) is 52.5 Å². The van der Waals surface area contributed by atoms with Crippen molar-refractivity contribution in [2.45, 2.75) is 0 Å². The fourth-order valence-electron chi connectivity index (χ4n) is 1.76. The highest BCUT2D eigenvalue weighted by Crippen LogP contribution is 2.27. The third kappa shape index (κ3) is 6.34. The van der Waals surface area contributed by atoms with Crippen molar-refractivity contribution in [3.63, 3.8) is 0 Å². The maximum Gasteiger partial charge on any atom is 0.276 e. The van der Waals surface area contributed by atoms with Crippen LogP contribution in [-0.4, -0.2) is 32.1 Å². The summed E-state index contributed by atoms with van der Waals surface area (Å²) in [7, 11) is 1.55. The van der Waals surface area contributed by atoms with E-state index in [1.807, 2.05) is 0 Å². The lowest BCUT2D eigenvalue weighted by atomic mass is 10.3. The molecule has 0 aliphatic rings. The highest BCUT2D eigenvalue weighted by Gasteiger charge is 2.09. The van der Waals surface area contributed by atoms with Crippen molar-refractivity contribution in [3.8, 4) is 17.2 Å². The topological polar surface area (TPSA) is 85.9 Å². The van der Waals surface area contributed by atoms with E-state index in [9.17, 15) is 9.59 Å². The highest BCUT2D eigenvalue weighted by molar-refractivity contribution is 6.34. The predicted octanol–water partition coefficient (Wildman–Crippen LogP) is 2.61. The van der Waals surface area contributed by atoms with Crippen LogP contribution < -0.4 is 25.1 Å². The van der Waals surface area contributed by atoms with Gasteiger partial charge in [0.2, 0.25) is 0 Å². The molecule has 0 aromatic heterocycles. The molecule has 0 bridgehead atoms. The first-order valence-corrected chi connectivity index (χ1v) is 8.16. The Morgan fingerprint density at radius 2 is 1.46 bits per heavy atom. The molecule has 2 aromatic rings. The van der Waals surface area contributed by atoms with Gasteiger partial charge in [-0.15, -0.1) is 0 Å². The lowest BCUT2D eigenvalue weighted by Crippen LogP contribution is -2.45. The van der Waals surface area contributed by atoms with Crippen LogP contribution in [0, 0.1) is 0 Å². The number of nitrogens with one attached hydrogen (secondary N) is 2. The van der Waals surface area contributed by atoms with Crippen LogP contribution in [0.4, 0.5) is 0 Å². The Morgan fingerprint density at radius 3 is 2.08 bits per heavy atom. The minimum Gasteiger partial charge on any atom is -0.497 e.